The number of hydrogen-bond acceptors (Lipinski definition) is 3. The van der Waals surface area contributed by atoms with Gasteiger partial charge in [-0.1, -0.05) is 13.8 Å². The van der Waals surface area contributed by atoms with Gasteiger partial charge in [0.25, 0.3) is 0 Å². The van der Waals surface area contributed by atoms with Gasteiger partial charge in [-0.2, -0.15) is 0 Å². The molecule has 0 bridgehead atoms. The normalized spacial score (nSPS) is 12.9. The molecule has 1 unspecified atom stereocenters. The van der Waals surface area contributed by atoms with Crippen molar-refractivity contribution in [3.05, 3.63) is 23.7 Å². The lowest BCUT2D eigenvalue weighted by Gasteiger charge is -1.99. The Morgan fingerprint density at radius 1 is 1.33 bits per heavy atom. The highest BCUT2D eigenvalue weighted by molar-refractivity contribution is 7.84. The fourth-order valence-corrected chi connectivity index (χ4v) is 1.92. The molecule has 0 fully saturated rings. The first kappa shape index (κ1) is 12.5. The van der Waals surface area contributed by atoms with Crippen LogP contribution >= 0.6 is 0 Å². The fraction of sp³-hybridized carbons (Fsp3) is 0.636. The van der Waals surface area contributed by atoms with Crippen molar-refractivity contribution in [3.63, 3.8) is 0 Å². The summed E-state index contributed by atoms with van der Waals surface area (Å²) in [6.45, 7) is 5.80. The average Bonchev–Trinajstić information content (AvgIpc) is 2.66. The molecule has 86 valence electrons. The molecular formula is C11H19NO2S. The van der Waals surface area contributed by atoms with Crippen molar-refractivity contribution in [1.82, 2.24) is 5.32 Å². The summed E-state index contributed by atoms with van der Waals surface area (Å²) in [5, 5.41) is 3.26. The Balaban J connectivity index is 2.38. The van der Waals surface area contributed by atoms with Crippen LogP contribution in [0.25, 0.3) is 0 Å². The second-order valence-corrected chi connectivity index (χ2v) is 5.16. The molecule has 0 saturated carbocycles. The van der Waals surface area contributed by atoms with E-state index in [1.807, 2.05) is 19.1 Å². The van der Waals surface area contributed by atoms with Crippen molar-refractivity contribution in [2.24, 2.45) is 0 Å². The van der Waals surface area contributed by atoms with E-state index >= 15 is 0 Å². The molecule has 1 N–H and O–H groups in total. The Morgan fingerprint density at radius 2 is 2.07 bits per heavy atom. The highest BCUT2D eigenvalue weighted by Gasteiger charge is 2.04. The van der Waals surface area contributed by atoms with Gasteiger partial charge in [-0.15, -0.1) is 0 Å². The molecule has 0 amide bonds. The van der Waals surface area contributed by atoms with Crippen LogP contribution in [-0.2, 0) is 23.1 Å². The highest BCUT2D eigenvalue weighted by Crippen LogP contribution is 2.10. The minimum absolute atomic E-state index is 0.532. The lowest BCUT2D eigenvalue weighted by Crippen LogP contribution is -2.13. The van der Waals surface area contributed by atoms with E-state index in [0.29, 0.717) is 11.5 Å². The minimum atomic E-state index is -0.786. The van der Waals surface area contributed by atoms with Gasteiger partial charge in [-0.3, -0.25) is 4.21 Å². The molecule has 0 aliphatic carbocycles. The summed E-state index contributed by atoms with van der Waals surface area (Å²) in [5.41, 5.74) is 0. The molecule has 0 spiro atoms. The van der Waals surface area contributed by atoms with Gasteiger partial charge in [0.15, 0.2) is 0 Å². The van der Waals surface area contributed by atoms with Gasteiger partial charge in [0.05, 0.1) is 12.3 Å². The van der Waals surface area contributed by atoms with Crippen molar-refractivity contribution in [1.29, 1.82) is 0 Å². The maximum Gasteiger partial charge on any atom is 0.118 e. The molecule has 1 heterocycles. The van der Waals surface area contributed by atoms with Gasteiger partial charge in [0, 0.05) is 16.6 Å². The molecular weight excluding hydrogens is 210 g/mol. The number of rotatable bonds is 7. The summed E-state index contributed by atoms with van der Waals surface area (Å²) < 4.78 is 16.8. The van der Waals surface area contributed by atoms with E-state index in [9.17, 15) is 4.21 Å². The van der Waals surface area contributed by atoms with Gasteiger partial charge in [-0.05, 0) is 25.1 Å². The van der Waals surface area contributed by atoms with E-state index in [2.05, 4.69) is 12.2 Å². The monoisotopic (exact) mass is 229 g/mol. The van der Waals surface area contributed by atoms with E-state index in [-0.39, 0.29) is 0 Å². The topological polar surface area (TPSA) is 42.2 Å². The second kappa shape index (κ2) is 6.80. The molecule has 1 atom stereocenters. The van der Waals surface area contributed by atoms with Crippen molar-refractivity contribution >= 4 is 10.8 Å². The average molecular weight is 229 g/mol. The zero-order valence-electron chi connectivity index (χ0n) is 9.41. The summed E-state index contributed by atoms with van der Waals surface area (Å²) in [4.78, 5) is 0. The molecule has 0 aliphatic heterocycles. The first-order chi connectivity index (χ1) is 7.26. The van der Waals surface area contributed by atoms with Crippen LogP contribution in [0.5, 0.6) is 0 Å². The van der Waals surface area contributed by atoms with Gasteiger partial charge in [0.2, 0.25) is 0 Å². The Kier molecular flexibility index (Phi) is 5.65. The molecule has 0 radical (unpaired) electrons. The number of furan rings is 1. The van der Waals surface area contributed by atoms with E-state index in [0.717, 1.165) is 31.0 Å². The standard InChI is InChI=1S/C11H19NO2S/c1-3-7-12-8-10-5-6-11(14-10)9-15(13)4-2/h5-6,12H,3-4,7-9H2,1-2H3. The number of hydrogen-bond donors (Lipinski definition) is 1. The zero-order valence-corrected chi connectivity index (χ0v) is 10.2. The summed E-state index contributed by atoms with van der Waals surface area (Å²) in [7, 11) is -0.786. The van der Waals surface area contributed by atoms with Crippen LogP contribution in [0.15, 0.2) is 16.5 Å². The van der Waals surface area contributed by atoms with E-state index < -0.39 is 10.8 Å². The van der Waals surface area contributed by atoms with Gasteiger partial charge in [0.1, 0.15) is 11.5 Å². The molecule has 15 heavy (non-hydrogen) atoms. The molecule has 0 aliphatic rings. The Morgan fingerprint density at radius 3 is 2.73 bits per heavy atom. The van der Waals surface area contributed by atoms with Crippen molar-refractivity contribution in [2.75, 3.05) is 12.3 Å². The van der Waals surface area contributed by atoms with Crippen molar-refractivity contribution < 1.29 is 8.63 Å². The third-order valence-electron chi connectivity index (χ3n) is 2.07. The third-order valence-corrected chi connectivity index (χ3v) is 3.32. The maximum absolute atomic E-state index is 11.3. The predicted octanol–water partition coefficient (Wildman–Crippen LogP) is 2.05. The molecule has 1 aromatic rings. The van der Waals surface area contributed by atoms with Crippen LogP contribution in [-0.4, -0.2) is 16.5 Å². The highest BCUT2D eigenvalue weighted by atomic mass is 32.2. The predicted molar refractivity (Wildman–Crippen MR) is 63.1 cm³/mol. The summed E-state index contributed by atoms with van der Waals surface area (Å²) in [6, 6.07) is 3.86. The van der Waals surface area contributed by atoms with Crippen LogP contribution < -0.4 is 5.32 Å². The SMILES string of the molecule is CCCNCc1ccc(CS(=O)CC)o1. The van der Waals surface area contributed by atoms with E-state index in [4.69, 9.17) is 4.42 Å². The van der Waals surface area contributed by atoms with Crippen LogP contribution in [0, 0.1) is 0 Å². The number of nitrogens with one attached hydrogen (secondary N) is 1. The Bertz CT molecular complexity index is 309. The zero-order chi connectivity index (χ0) is 11.1. The Labute approximate surface area is 93.7 Å². The Hall–Kier alpha value is -0.610. The van der Waals surface area contributed by atoms with E-state index in [1.165, 1.54) is 0 Å². The van der Waals surface area contributed by atoms with E-state index in [1.54, 1.807) is 0 Å². The van der Waals surface area contributed by atoms with Crippen LogP contribution in [0.1, 0.15) is 31.8 Å². The molecule has 0 aromatic carbocycles. The van der Waals surface area contributed by atoms with Gasteiger partial charge >= 0.3 is 0 Å². The largest absolute Gasteiger partial charge is 0.464 e. The molecule has 4 heteroatoms. The summed E-state index contributed by atoms with van der Waals surface area (Å²) in [5.74, 6) is 2.96. The van der Waals surface area contributed by atoms with Crippen LogP contribution in [0.3, 0.4) is 0 Å². The smallest absolute Gasteiger partial charge is 0.118 e. The van der Waals surface area contributed by atoms with Gasteiger partial charge in [-0.25, -0.2) is 0 Å². The van der Waals surface area contributed by atoms with Gasteiger partial charge < -0.3 is 9.73 Å². The minimum Gasteiger partial charge on any atom is -0.464 e. The van der Waals surface area contributed by atoms with Crippen molar-refractivity contribution in [2.45, 2.75) is 32.6 Å². The summed E-state index contributed by atoms with van der Waals surface area (Å²) >= 11 is 0. The molecule has 1 rings (SSSR count). The maximum atomic E-state index is 11.3. The first-order valence-electron chi connectivity index (χ1n) is 5.39. The quantitative estimate of drug-likeness (QED) is 0.728. The summed E-state index contributed by atoms with van der Waals surface area (Å²) in [6.07, 6.45) is 1.12. The molecule has 3 nitrogen and oxygen atoms in total. The molecule has 0 saturated heterocycles. The second-order valence-electron chi connectivity index (χ2n) is 3.42. The van der Waals surface area contributed by atoms with Crippen LogP contribution in [0.2, 0.25) is 0 Å². The van der Waals surface area contributed by atoms with Crippen LogP contribution in [0.4, 0.5) is 0 Å². The fourth-order valence-electron chi connectivity index (χ4n) is 1.24. The van der Waals surface area contributed by atoms with Crippen molar-refractivity contribution in [3.8, 4) is 0 Å². The molecule has 1 aromatic heterocycles. The lowest BCUT2D eigenvalue weighted by atomic mass is 10.4. The lowest BCUT2D eigenvalue weighted by molar-refractivity contribution is 0.458. The third kappa shape index (κ3) is 4.62. The first-order valence-corrected chi connectivity index (χ1v) is 6.88.